The summed E-state index contributed by atoms with van der Waals surface area (Å²) in [5, 5.41) is 15.0. The van der Waals surface area contributed by atoms with E-state index < -0.39 is 0 Å². The predicted octanol–water partition coefficient (Wildman–Crippen LogP) is 1.00. The summed E-state index contributed by atoms with van der Waals surface area (Å²) in [6.07, 6.45) is 1.71. The lowest BCUT2D eigenvalue weighted by molar-refractivity contribution is -0.120. The Morgan fingerprint density at radius 1 is 1.38 bits per heavy atom. The summed E-state index contributed by atoms with van der Waals surface area (Å²) in [5.41, 5.74) is 0.673. The van der Waals surface area contributed by atoms with Gasteiger partial charge in [0.1, 0.15) is 6.61 Å². The largest absolute Gasteiger partial charge is 0.493 e. The molecular weight excluding hydrogens is 272 g/mol. The second kappa shape index (κ2) is 7.85. The monoisotopic (exact) mass is 294 g/mol. The first-order valence-corrected chi connectivity index (χ1v) is 7.18. The van der Waals surface area contributed by atoms with Gasteiger partial charge in [-0.25, -0.2) is 0 Å². The van der Waals surface area contributed by atoms with Crippen molar-refractivity contribution in [1.29, 1.82) is 0 Å². The van der Waals surface area contributed by atoms with Crippen LogP contribution in [0.1, 0.15) is 12.8 Å². The maximum Gasteiger partial charge on any atom is 0.227 e. The molecule has 0 radical (unpaired) electrons. The Hall–Kier alpha value is -1.79. The summed E-state index contributed by atoms with van der Waals surface area (Å²) in [4.78, 5) is 12.2. The number of rotatable bonds is 6. The van der Waals surface area contributed by atoms with Crippen LogP contribution in [0, 0.1) is 5.92 Å². The summed E-state index contributed by atoms with van der Waals surface area (Å²) in [5.74, 6) is 1.17. The van der Waals surface area contributed by atoms with Crippen molar-refractivity contribution in [3.8, 4) is 11.5 Å². The first kappa shape index (κ1) is 15.6. The van der Waals surface area contributed by atoms with Crippen LogP contribution in [0.3, 0.4) is 0 Å². The molecule has 1 aliphatic heterocycles. The topological polar surface area (TPSA) is 79.8 Å². The first-order chi connectivity index (χ1) is 10.2. The Morgan fingerprint density at radius 3 is 2.81 bits per heavy atom. The van der Waals surface area contributed by atoms with E-state index in [1.165, 1.54) is 0 Å². The van der Waals surface area contributed by atoms with E-state index in [2.05, 4.69) is 10.6 Å². The number of nitrogens with one attached hydrogen (secondary N) is 2. The van der Waals surface area contributed by atoms with Gasteiger partial charge in [0.2, 0.25) is 5.91 Å². The van der Waals surface area contributed by atoms with Gasteiger partial charge in [0.15, 0.2) is 11.5 Å². The van der Waals surface area contributed by atoms with Gasteiger partial charge in [0.05, 0.1) is 13.7 Å². The van der Waals surface area contributed by atoms with Crippen molar-refractivity contribution in [1.82, 2.24) is 5.32 Å². The van der Waals surface area contributed by atoms with Gasteiger partial charge in [-0.2, -0.15) is 0 Å². The minimum Gasteiger partial charge on any atom is -0.493 e. The van der Waals surface area contributed by atoms with E-state index in [0.717, 1.165) is 25.9 Å². The van der Waals surface area contributed by atoms with Gasteiger partial charge in [-0.15, -0.1) is 0 Å². The van der Waals surface area contributed by atoms with Gasteiger partial charge in [-0.3, -0.25) is 4.79 Å². The number of hydrogen-bond donors (Lipinski definition) is 3. The Bertz CT molecular complexity index is 473. The lowest BCUT2D eigenvalue weighted by Gasteiger charge is -2.22. The average molecular weight is 294 g/mol. The lowest BCUT2D eigenvalue weighted by Crippen LogP contribution is -2.34. The van der Waals surface area contributed by atoms with Crippen LogP contribution < -0.4 is 20.1 Å². The minimum atomic E-state index is -0.0746. The third-order valence-electron chi connectivity index (χ3n) is 3.49. The van der Waals surface area contributed by atoms with Crippen LogP contribution in [0.25, 0.3) is 0 Å². The quantitative estimate of drug-likeness (QED) is 0.729. The van der Waals surface area contributed by atoms with Crippen molar-refractivity contribution in [2.45, 2.75) is 12.8 Å². The number of ether oxygens (including phenoxy) is 2. The SMILES string of the molecule is COc1ccc(NC(=O)C2CCNCC2)cc1OCCO. The average Bonchev–Trinajstić information content (AvgIpc) is 2.54. The molecule has 0 spiro atoms. The van der Waals surface area contributed by atoms with Crippen molar-refractivity contribution < 1.29 is 19.4 Å². The fourth-order valence-corrected chi connectivity index (χ4v) is 2.35. The van der Waals surface area contributed by atoms with Crippen molar-refractivity contribution >= 4 is 11.6 Å². The van der Waals surface area contributed by atoms with Crippen LogP contribution in [0.4, 0.5) is 5.69 Å². The maximum absolute atomic E-state index is 12.2. The van der Waals surface area contributed by atoms with Crippen LogP contribution in [-0.4, -0.2) is 44.4 Å². The molecule has 6 nitrogen and oxygen atoms in total. The lowest BCUT2D eigenvalue weighted by atomic mass is 9.97. The molecule has 1 saturated heterocycles. The number of aliphatic hydroxyl groups excluding tert-OH is 1. The zero-order valence-electron chi connectivity index (χ0n) is 12.2. The van der Waals surface area contributed by atoms with Crippen LogP contribution in [0.2, 0.25) is 0 Å². The van der Waals surface area contributed by atoms with Gasteiger partial charge >= 0.3 is 0 Å². The van der Waals surface area contributed by atoms with E-state index in [-0.39, 0.29) is 25.0 Å². The molecule has 0 unspecified atom stereocenters. The highest BCUT2D eigenvalue weighted by Gasteiger charge is 2.21. The highest BCUT2D eigenvalue weighted by Crippen LogP contribution is 2.30. The Labute approximate surface area is 124 Å². The van der Waals surface area contributed by atoms with Gasteiger partial charge in [-0.1, -0.05) is 0 Å². The van der Waals surface area contributed by atoms with Crippen LogP contribution in [0.15, 0.2) is 18.2 Å². The molecule has 1 aliphatic rings. The predicted molar refractivity (Wildman–Crippen MR) is 79.8 cm³/mol. The summed E-state index contributed by atoms with van der Waals surface area (Å²) in [6, 6.07) is 5.24. The summed E-state index contributed by atoms with van der Waals surface area (Å²) in [6.45, 7) is 1.87. The summed E-state index contributed by atoms with van der Waals surface area (Å²) < 4.78 is 10.6. The molecular formula is C15H22N2O4. The normalized spacial score (nSPS) is 15.5. The molecule has 1 amide bonds. The molecule has 1 aromatic carbocycles. The maximum atomic E-state index is 12.2. The standard InChI is InChI=1S/C15H22N2O4/c1-20-13-3-2-12(10-14(13)21-9-8-18)17-15(19)11-4-6-16-7-5-11/h2-3,10-11,16,18H,4-9H2,1H3,(H,17,19). The van der Waals surface area contributed by atoms with E-state index in [9.17, 15) is 4.79 Å². The number of piperidine rings is 1. The van der Waals surface area contributed by atoms with Gasteiger partial charge in [-0.05, 0) is 38.1 Å². The number of anilines is 1. The van der Waals surface area contributed by atoms with Gasteiger partial charge in [0.25, 0.3) is 0 Å². The number of hydrogen-bond acceptors (Lipinski definition) is 5. The molecule has 1 fully saturated rings. The van der Waals surface area contributed by atoms with E-state index in [4.69, 9.17) is 14.6 Å². The van der Waals surface area contributed by atoms with Crippen LogP contribution in [-0.2, 0) is 4.79 Å². The highest BCUT2D eigenvalue weighted by molar-refractivity contribution is 5.93. The molecule has 6 heteroatoms. The smallest absolute Gasteiger partial charge is 0.227 e. The van der Waals surface area contributed by atoms with Crippen molar-refractivity contribution in [2.75, 3.05) is 38.7 Å². The van der Waals surface area contributed by atoms with E-state index >= 15 is 0 Å². The number of benzene rings is 1. The van der Waals surface area contributed by atoms with Crippen LogP contribution in [0.5, 0.6) is 11.5 Å². The van der Waals surface area contributed by atoms with E-state index in [1.54, 1.807) is 25.3 Å². The number of carbonyl (C=O) groups is 1. The molecule has 1 heterocycles. The van der Waals surface area contributed by atoms with Gasteiger partial charge < -0.3 is 25.2 Å². The second-order valence-electron chi connectivity index (χ2n) is 4.95. The Morgan fingerprint density at radius 2 is 2.14 bits per heavy atom. The minimum absolute atomic E-state index is 0.0368. The number of aliphatic hydroxyl groups is 1. The van der Waals surface area contributed by atoms with Gasteiger partial charge in [0, 0.05) is 17.7 Å². The van der Waals surface area contributed by atoms with E-state index in [0.29, 0.717) is 17.2 Å². The third-order valence-corrected chi connectivity index (χ3v) is 3.49. The molecule has 0 aliphatic carbocycles. The molecule has 116 valence electrons. The highest BCUT2D eigenvalue weighted by atomic mass is 16.5. The zero-order chi connectivity index (χ0) is 15.1. The first-order valence-electron chi connectivity index (χ1n) is 7.18. The molecule has 0 saturated carbocycles. The van der Waals surface area contributed by atoms with Crippen molar-refractivity contribution in [3.05, 3.63) is 18.2 Å². The fourth-order valence-electron chi connectivity index (χ4n) is 2.35. The van der Waals surface area contributed by atoms with Crippen molar-refractivity contribution in [2.24, 2.45) is 5.92 Å². The van der Waals surface area contributed by atoms with E-state index in [1.807, 2.05) is 0 Å². The number of methoxy groups -OCH3 is 1. The molecule has 1 aromatic rings. The Balaban J connectivity index is 2.03. The summed E-state index contributed by atoms with van der Waals surface area (Å²) >= 11 is 0. The molecule has 3 N–H and O–H groups in total. The van der Waals surface area contributed by atoms with Crippen molar-refractivity contribution in [3.63, 3.8) is 0 Å². The number of amides is 1. The summed E-state index contributed by atoms with van der Waals surface area (Å²) in [7, 11) is 1.55. The fraction of sp³-hybridized carbons (Fsp3) is 0.533. The molecule has 0 bridgehead atoms. The number of carbonyl (C=O) groups excluding carboxylic acids is 1. The van der Waals surface area contributed by atoms with Crippen LogP contribution >= 0.6 is 0 Å². The molecule has 0 aromatic heterocycles. The zero-order valence-corrected chi connectivity index (χ0v) is 12.2. The molecule has 0 atom stereocenters. The molecule has 2 rings (SSSR count). The molecule has 21 heavy (non-hydrogen) atoms. The Kier molecular flexibility index (Phi) is 5.83. The second-order valence-corrected chi connectivity index (χ2v) is 4.95. The third kappa shape index (κ3) is 4.34.